The number of aromatic nitrogens is 2. The van der Waals surface area contributed by atoms with Gasteiger partial charge in [0, 0.05) is 37.9 Å². The summed E-state index contributed by atoms with van der Waals surface area (Å²) in [7, 11) is -3.26. The second kappa shape index (κ2) is 7.16. The van der Waals surface area contributed by atoms with E-state index in [-0.39, 0.29) is 18.2 Å². The summed E-state index contributed by atoms with van der Waals surface area (Å²) >= 11 is 0. The standard InChI is InChI=1S/C17H22N4O4S/c1-4-26(23,24)19-9-13-7-14-10-21(6-5-15(14)18-8-13)17(22)16-11(2)20-25-12(16)3/h7-8,19H,4-6,9-10H2,1-3H3. The lowest BCUT2D eigenvalue weighted by Crippen LogP contribution is -2.37. The highest BCUT2D eigenvalue weighted by Gasteiger charge is 2.27. The predicted octanol–water partition coefficient (Wildman–Crippen LogP) is 1.32. The lowest BCUT2D eigenvalue weighted by Gasteiger charge is -2.28. The van der Waals surface area contributed by atoms with Crippen LogP contribution >= 0.6 is 0 Å². The number of carbonyl (C=O) groups is 1. The van der Waals surface area contributed by atoms with Gasteiger partial charge in [-0.1, -0.05) is 5.16 Å². The van der Waals surface area contributed by atoms with E-state index in [1.807, 2.05) is 6.07 Å². The maximum absolute atomic E-state index is 12.8. The molecular formula is C17H22N4O4S. The Morgan fingerprint density at radius 1 is 1.38 bits per heavy atom. The van der Waals surface area contributed by atoms with E-state index in [0.29, 0.717) is 36.5 Å². The Hall–Kier alpha value is -2.26. The number of hydrogen-bond acceptors (Lipinski definition) is 6. The van der Waals surface area contributed by atoms with Crippen LogP contribution in [0.15, 0.2) is 16.8 Å². The molecule has 1 amide bonds. The molecule has 26 heavy (non-hydrogen) atoms. The van der Waals surface area contributed by atoms with E-state index in [4.69, 9.17) is 4.52 Å². The van der Waals surface area contributed by atoms with E-state index in [2.05, 4.69) is 14.9 Å². The van der Waals surface area contributed by atoms with Crippen LogP contribution < -0.4 is 4.72 Å². The zero-order valence-electron chi connectivity index (χ0n) is 15.1. The first kappa shape index (κ1) is 18.5. The van der Waals surface area contributed by atoms with E-state index in [0.717, 1.165) is 16.8 Å². The van der Waals surface area contributed by atoms with Gasteiger partial charge in [-0.25, -0.2) is 13.1 Å². The van der Waals surface area contributed by atoms with Crippen molar-refractivity contribution < 1.29 is 17.7 Å². The third-order valence-corrected chi connectivity index (χ3v) is 5.85. The molecule has 0 saturated carbocycles. The highest BCUT2D eigenvalue weighted by molar-refractivity contribution is 7.89. The van der Waals surface area contributed by atoms with Crippen LogP contribution in [-0.4, -0.2) is 41.7 Å². The predicted molar refractivity (Wildman–Crippen MR) is 95.0 cm³/mol. The summed E-state index contributed by atoms with van der Waals surface area (Å²) in [4.78, 5) is 19.0. The van der Waals surface area contributed by atoms with Crippen LogP contribution in [-0.2, 0) is 29.5 Å². The number of pyridine rings is 1. The van der Waals surface area contributed by atoms with Gasteiger partial charge in [-0.05, 0) is 38.0 Å². The Morgan fingerprint density at radius 3 is 2.81 bits per heavy atom. The Balaban J connectivity index is 1.77. The molecular weight excluding hydrogens is 356 g/mol. The molecule has 0 unspecified atom stereocenters. The fourth-order valence-corrected chi connectivity index (χ4v) is 3.58. The molecule has 2 aromatic heterocycles. The summed E-state index contributed by atoms with van der Waals surface area (Å²) in [6, 6.07) is 1.91. The van der Waals surface area contributed by atoms with E-state index in [1.165, 1.54) is 0 Å². The van der Waals surface area contributed by atoms with Crippen LogP contribution in [0.3, 0.4) is 0 Å². The van der Waals surface area contributed by atoms with Crippen molar-refractivity contribution in [1.29, 1.82) is 0 Å². The molecule has 0 spiro atoms. The smallest absolute Gasteiger partial charge is 0.259 e. The SMILES string of the molecule is CCS(=O)(=O)NCc1cnc2c(c1)CN(C(=O)c1c(C)noc1C)CC2. The lowest BCUT2D eigenvalue weighted by atomic mass is 10.0. The van der Waals surface area contributed by atoms with Gasteiger partial charge in [-0.15, -0.1) is 0 Å². The normalized spacial score (nSPS) is 14.3. The minimum atomic E-state index is -3.26. The van der Waals surface area contributed by atoms with Gasteiger partial charge in [0.15, 0.2) is 0 Å². The number of rotatable bonds is 5. The van der Waals surface area contributed by atoms with Gasteiger partial charge in [0.05, 0.1) is 11.4 Å². The van der Waals surface area contributed by atoms with Crippen LogP contribution in [0.4, 0.5) is 0 Å². The summed E-state index contributed by atoms with van der Waals surface area (Å²) in [6.07, 6.45) is 2.34. The quantitative estimate of drug-likeness (QED) is 0.841. The molecule has 1 aliphatic rings. The minimum absolute atomic E-state index is 0.0328. The van der Waals surface area contributed by atoms with Gasteiger partial charge in [-0.2, -0.15) is 0 Å². The van der Waals surface area contributed by atoms with E-state index in [1.54, 1.807) is 31.9 Å². The third-order valence-electron chi connectivity index (χ3n) is 4.51. The summed E-state index contributed by atoms with van der Waals surface area (Å²) in [5.41, 5.74) is 3.74. The van der Waals surface area contributed by atoms with Crippen LogP contribution in [0, 0.1) is 13.8 Å². The fourth-order valence-electron chi connectivity index (χ4n) is 2.99. The molecule has 2 aromatic rings. The Kier molecular flexibility index (Phi) is 5.10. The topological polar surface area (TPSA) is 105 Å². The molecule has 3 heterocycles. The number of carbonyl (C=O) groups excluding carboxylic acids is 1. The number of nitrogens with one attached hydrogen (secondary N) is 1. The van der Waals surface area contributed by atoms with Crippen molar-refractivity contribution in [2.45, 2.75) is 40.3 Å². The molecule has 3 rings (SSSR count). The number of fused-ring (bicyclic) bond motifs is 1. The van der Waals surface area contributed by atoms with Gasteiger partial charge in [0.2, 0.25) is 10.0 Å². The lowest BCUT2D eigenvalue weighted by molar-refractivity contribution is 0.0731. The van der Waals surface area contributed by atoms with Crippen molar-refractivity contribution in [3.05, 3.63) is 46.1 Å². The Morgan fingerprint density at radius 2 is 2.15 bits per heavy atom. The fraction of sp³-hybridized carbons (Fsp3) is 0.471. The molecule has 0 aliphatic carbocycles. The molecule has 0 bridgehead atoms. The number of sulfonamides is 1. The molecule has 0 aromatic carbocycles. The summed E-state index contributed by atoms with van der Waals surface area (Å²) < 4.78 is 30.8. The van der Waals surface area contributed by atoms with Crippen molar-refractivity contribution in [2.75, 3.05) is 12.3 Å². The molecule has 140 valence electrons. The molecule has 1 aliphatic heterocycles. The molecule has 0 atom stereocenters. The average molecular weight is 378 g/mol. The first-order valence-electron chi connectivity index (χ1n) is 8.47. The van der Waals surface area contributed by atoms with Crippen LogP contribution in [0.1, 0.15) is 45.6 Å². The average Bonchev–Trinajstić information content (AvgIpc) is 2.97. The maximum atomic E-state index is 12.8. The number of amides is 1. The van der Waals surface area contributed by atoms with E-state index in [9.17, 15) is 13.2 Å². The summed E-state index contributed by atoms with van der Waals surface area (Å²) in [5.74, 6) is 0.439. The maximum Gasteiger partial charge on any atom is 0.259 e. The summed E-state index contributed by atoms with van der Waals surface area (Å²) in [5, 5.41) is 3.85. The largest absolute Gasteiger partial charge is 0.361 e. The van der Waals surface area contributed by atoms with Gasteiger partial charge in [0.25, 0.3) is 5.91 Å². The van der Waals surface area contributed by atoms with Crippen molar-refractivity contribution in [3.63, 3.8) is 0 Å². The number of nitrogens with zero attached hydrogens (tertiary/aromatic N) is 3. The monoisotopic (exact) mass is 378 g/mol. The number of hydrogen-bond donors (Lipinski definition) is 1. The summed E-state index contributed by atoms with van der Waals surface area (Å²) in [6.45, 7) is 6.26. The first-order chi connectivity index (χ1) is 12.3. The highest BCUT2D eigenvalue weighted by atomic mass is 32.2. The highest BCUT2D eigenvalue weighted by Crippen LogP contribution is 2.22. The second-order valence-electron chi connectivity index (χ2n) is 6.35. The number of aryl methyl sites for hydroxylation is 2. The zero-order chi connectivity index (χ0) is 18.9. The van der Waals surface area contributed by atoms with Crippen molar-refractivity contribution in [1.82, 2.24) is 19.8 Å². The van der Waals surface area contributed by atoms with E-state index < -0.39 is 10.0 Å². The second-order valence-corrected chi connectivity index (χ2v) is 8.45. The molecule has 0 radical (unpaired) electrons. The molecule has 8 nitrogen and oxygen atoms in total. The molecule has 0 fully saturated rings. The van der Waals surface area contributed by atoms with Gasteiger partial charge in [-0.3, -0.25) is 9.78 Å². The minimum Gasteiger partial charge on any atom is -0.361 e. The van der Waals surface area contributed by atoms with Gasteiger partial charge < -0.3 is 9.42 Å². The van der Waals surface area contributed by atoms with Crippen molar-refractivity contribution in [3.8, 4) is 0 Å². The van der Waals surface area contributed by atoms with Crippen molar-refractivity contribution in [2.24, 2.45) is 0 Å². The van der Waals surface area contributed by atoms with Crippen molar-refractivity contribution >= 4 is 15.9 Å². The van der Waals surface area contributed by atoms with Gasteiger partial charge in [0.1, 0.15) is 11.3 Å². The van der Waals surface area contributed by atoms with E-state index >= 15 is 0 Å². The zero-order valence-corrected chi connectivity index (χ0v) is 15.9. The first-order valence-corrected chi connectivity index (χ1v) is 10.1. The van der Waals surface area contributed by atoms with Crippen LogP contribution in [0.2, 0.25) is 0 Å². The molecule has 0 saturated heterocycles. The Labute approximate surface area is 152 Å². The molecule has 9 heteroatoms. The van der Waals surface area contributed by atoms with Crippen LogP contribution in [0.5, 0.6) is 0 Å². The van der Waals surface area contributed by atoms with Crippen LogP contribution in [0.25, 0.3) is 0 Å². The Bertz CT molecular complexity index is 917. The third kappa shape index (κ3) is 3.78. The van der Waals surface area contributed by atoms with Gasteiger partial charge >= 0.3 is 0 Å². The molecule has 1 N–H and O–H groups in total.